The van der Waals surface area contributed by atoms with Crippen LogP contribution in [0, 0.1) is 13.8 Å². The molecule has 0 spiro atoms. The first-order chi connectivity index (χ1) is 9.56. The van der Waals surface area contributed by atoms with Gasteiger partial charge in [-0.05, 0) is 55.8 Å². The molecule has 0 atom stereocenters. The Morgan fingerprint density at radius 1 is 1.05 bits per heavy atom. The van der Waals surface area contributed by atoms with Gasteiger partial charge in [0, 0.05) is 10.7 Å². The van der Waals surface area contributed by atoms with Gasteiger partial charge >= 0.3 is 0 Å². The van der Waals surface area contributed by atoms with Gasteiger partial charge in [0.2, 0.25) is 0 Å². The molecule has 100 valence electrons. The molecule has 0 saturated carbocycles. The first kappa shape index (κ1) is 12.9. The van der Waals surface area contributed by atoms with Crippen LogP contribution in [0.5, 0.6) is 0 Å². The Kier molecular flexibility index (Phi) is 3.07. The normalized spacial score (nSPS) is 10.9. The quantitative estimate of drug-likeness (QED) is 0.683. The molecule has 0 N–H and O–H groups in total. The number of hydrogen-bond donors (Lipinski definition) is 0. The molecular weight excluding hydrogens is 272 g/mol. The van der Waals surface area contributed by atoms with E-state index in [4.69, 9.17) is 11.6 Å². The summed E-state index contributed by atoms with van der Waals surface area (Å²) in [5.41, 5.74) is 3.90. The van der Waals surface area contributed by atoms with E-state index in [1.807, 2.05) is 37.3 Å². The van der Waals surface area contributed by atoms with Crippen LogP contribution in [0.3, 0.4) is 0 Å². The standard InChI is InChI=1S/C16H13ClN2O/c1-10-3-8-15-14(9-10)18-11(2)16(20)19(15)13-6-4-12(17)5-7-13/h3-9H,1-2H3. The zero-order valence-corrected chi connectivity index (χ0v) is 12.0. The highest BCUT2D eigenvalue weighted by Gasteiger charge is 2.09. The molecular formula is C16H13ClN2O. The van der Waals surface area contributed by atoms with Crippen molar-refractivity contribution in [2.75, 3.05) is 0 Å². The van der Waals surface area contributed by atoms with Crippen molar-refractivity contribution >= 4 is 22.6 Å². The van der Waals surface area contributed by atoms with E-state index in [1.54, 1.807) is 23.6 Å². The summed E-state index contributed by atoms with van der Waals surface area (Å²) in [6.45, 7) is 3.74. The molecule has 0 saturated heterocycles. The second-order valence-corrected chi connectivity index (χ2v) is 5.24. The maximum absolute atomic E-state index is 12.4. The third-order valence-corrected chi connectivity index (χ3v) is 3.51. The van der Waals surface area contributed by atoms with Crippen molar-refractivity contribution < 1.29 is 0 Å². The fraction of sp³-hybridized carbons (Fsp3) is 0.125. The molecule has 0 radical (unpaired) electrons. The van der Waals surface area contributed by atoms with Crippen molar-refractivity contribution in [3.8, 4) is 5.69 Å². The van der Waals surface area contributed by atoms with E-state index in [1.165, 1.54) is 0 Å². The van der Waals surface area contributed by atoms with Gasteiger partial charge in [-0.1, -0.05) is 17.7 Å². The van der Waals surface area contributed by atoms with Gasteiger partial charge in [0.05, 0.1) is 11.0 Å². The Hall–Kier alpha value is -2.13. The summed E-state index contributed by atoms with van der Waals surface area (Å²) in [6.07, 6.45) is 0. The van der Waals surface area contributed by atoms with Crippen LogP contribution < -0.4 is 5.56 Å². The topological polar surface area (TPSA) is 34.9 Å². The number of fused-ring (bicyclic) bond motifs is 1. The SMILES string of the molecule is Cc1ccc2c(c1)nc(C)c(=O)n2-c1ccc(Cl)cc1. The summed E-state index contributed by atoms with van der Waals surface area (Å²) >= 11 is 5.91. The van der Waals surface area contributed by atoms with Gasteiger partial charge in [0.1, 0.15) is 5.69 Å². The first-order valence-electron chi connectivity index (χ1n) is 6.32. The maximum Gasteiger partial charge on any atom is 0.277 e. The second-order valence-electron chi connectivity index (χ2n) is 4.81. The predicted molar refractivity (Wildman–Crippen MR) is 81.8 cm³/mol. The van der Waals surface area contributed by atoms with Crippen LogP contribution in [-0.4, -0.2) is 9.55 Å². The van der Waals surface area contributed by atoms with E-state index in [0.717, 1.165) is 22.3 Å². The minimum atomic E-state index is -0.108. The average Bonchev–Trinajstić information content (AvgIpc) is 2.42. The molecule has 3 nitrogen and oxygen atoms in total. The molecule has 1 aromatic heterocycles. The van der Waals surface area contributed by atoms with Gasteiger partial charge in [-0.15, -0.1) is 0 Å². The van der Waals surface area contributed by atoms with Crippen molar-refractivity contribution in [3.05, 3.63) is 69.1 Å². The summed E-state index contributed by atoms with van der Waals surface area (Å²) in [4.78, 5) is 16.8. The van der Waals surface area contributed by atoms with Crippen molar-refractivity contribution in [1.82, 2.24) is 9.55 Å². The van der Waals surface area contributed by atoms with E-state index in [9.17, 15) is 4.79 Å². The van der Waals surface area contributed by atoms with E-state index < -0.39 is 0 Å². The monoisotopic (exact) mass is 284 g/mol. The van der Waals surface area contributed by atoms with E-state index in [-0.39, 0.29) is 5.56 Å². The van der Waals surface area contributed by atoms with E-state index in [2.05, 4.69) is 4.98 Å². The van der Waals surface area contributed by atoms with Gasteiger partial charge in [0.15, 0.2) is 0 Å². The molecule has 1 heterocycles. The third-order valence-electron chi connectivity index (χ3n) is 3.26. The minimum Gasteiger partial charge on any atom is -0.274 e. The lowest BCUT2D eigenvalue weighted by Crippen LogP contribution is -2.22. The molecule has 4 heteroatoms. The molecule has 0 bridgehead atoms. The Morgan fingerprint density at radius 2 is 1.75 bits per heavy atom. The zero-order chi connectivity index (χ0) is 14.3. The largest absolute Gasteiger partial charge is 0.277 e. The number of aryl methyl sites for hydroxylation is 2. The van der Waals surface area contributed by atoms with Gasteiger partial charge in [-0.3, -0.25) is 9.36 Å². The molecule has 0 amide bonds. The first-order valence-corrected chi connectivity index (χ1v) is 6.70. The highest BCUT2D eigenvalue weighted by atomic mass is 35.5. The Morgan fingerprint density at radius 3 is 2.45 bits per heavy atom. The van der Waals surface area contributed by atoms with E-state index in [0.29, 0.717) is 10.7 Å². The lowest BCUT2D eigenvalue weighted by Gasteiger charge is -2.11. The smallest absolute Gasteiger partial charge is 0.274 e. The summed E-state index contributed by atoms with van der Waals surface area (Å²) in [5.74, 6) is 0. The van der Waals surface area contributed by atoms with Crippen molar-refractivity contribution in [2.45, 2.75) is 13.8 Å². The number of rotatable bonds is 1. The summed E-state index contributed by atoms with van der Waals surface area (Å²) in [6, 6.07) is 13.1. The summed E-state index contributed by atoms with van der Waals surface area (Å²) in [7, 11) is 0. The fourth-order valence-electron chi connectivity index (χ4n) is 2.26. The number of aromatic nitrogens is 2. The van der Waals surface area contributed by atoms with Crippen LogP contribution in [0.4, 0.5) is 0 Å². The van der Waals surface area contributed by atoms with Crippen LogP contribution >= 0.6 is 11.6 Å². The molecule has 0 aliphatic heterocycles. The molecule has 0 unspecified atom stereocenters. The molecule has 2 aromatic carbocycles. The van der Waals surface area contributed by atoms with Crippen LogP contribution in [-0.2, 0) is 0 Å². The fourth-order valence-corrected chi connectivity index (χ4v) is 2.38. The van der Waals surface area contributed by atoms with Crippen molar-refractivity contribution in [1.29, 1.82) is 0 Å². The van der Waals surface area contributed by atoms with Gasteiger partial charge in [-0.2, -0.15) is 0 Å². The minimum absolute atomic E-state index is 0.108. The molecule has 0 fully saturated rings. The molecule has 3 aromatic rings. The third kappa shape index (κ3) is 2.10. The van der Waals surface area contributed by atoms with Crippen LogP contribution in [0.25, 0.3) is 16.7 Å². The summed E-state index contributed by atoms with van der Waals surface area (Å²) < 4.78 is 1.67. The Balaban J connectivity index is 2.41. The lowest BCUT2D eigenvalue weighted by atomic mass is 10.2. The number of nitrogens with zero attached hydrogens (tertiary/aromatic N) is 2. The predicted octanol–water partition coefficient (Wildman–Crippen LogP) is 3.66. The zero-order valence-electron chi connectivity index (χ0n) is 11.2. The van der Waals surface area contributed by atoms with E-state index >= 15 is 0 Å². The number of hydrogen-bond acceptors (Lipinski definition) is 2. The number of benzene rings is 2. The Bertz CT molecular complexity index is 851. The Labute approximate surface area is 121 Å². The second kappa shape index (κ2) is 4.76. The molecule has 0 aliphatic carbocycles. The van der Waals surface area contributed by atoms with Gasteiger partial charge in [-0.25, -0.2) is 4.98 Å². The molecule has 3 rings (SSSR count). The molecule has 0 aliphatic rings. The lowest BCUT2D eigenvalue weighted by molar-refractivity contribution is 0.979. The number of halogens is 1. The van der Waals surface area contributed by atoms with Crippen LogP contribution in [0.1, 0.15) is 11.3 Å². The van der Waals surface area contributed by atoms with Gasteiger partial charge < -0.3 is 0 Å². The molecule has 20 heavy (non-hydrogen) atoms. The summed E-state index contributed by atoms with van der Waals surface area (Å²) in [5, 5.41) is 0.646. The van der Waals surface area contributed by atoms with Crippen LogP contribution in [0.15, 0.2) is 47.3 Å². The average molecular weight is 285 g/mol. The maximum atomic E-state index is 12.4. The van der Waals surface area contributed by atoms with Crippen molar-refractivity contribution in [3.63, 3.8) is 0 Å². The highest BCUT2D eigenvalue weighted by Crippen LogP contribution is 2.18. The highest BCUT2D eigenvalue weighted by molar-refractivity contribution is 6.30. The van der Waals surface area contributed by atoms with Crippen molar-refractivity contribution in [2.24, 2.45) is 0 Å². The van der Waals surface area contributed by atoms with Gasteiger partial charge in [0.25, 0.3) is 5.56 Å². The van der Waals surface area contributed by atoms with Crippen LogP contribution in [0.2, 0.25) is 5.02 Å².